The summed E-state index contributed by atoms with van der Waals surface area (Å²) in [6.45, 7) is 5.51. The smallest absolute Gasteiger partial charge is 0.318 e. The van der Waals surface area contributed by atoms with Crippen LogP contribution in [0.3, 0.4) is 0 Å². The molecule has 7 nitrogen and oxygen atoms in total. The number of aromatic amines is 1. The molecule has 0 amide bonds. The number of alkyl halides is 2. The third-order valence-electron chi connectivity index (χ3n) is 6.78. The average Bonchev–Trinajstić information content (AvgIpc) is 3.29. The number of fused-ring (bicyclic) bond motifs is 2. The lowest BCUT2D eigenvalue weighted by molar-refractivity contribution is 0.0136. The molecule has 0 radical (unpaired) electrons. The zero-order valence-electron chi connectivity index (χ0n) is 18.6. The Bertz CT molecular complexity index is 1180. The predicted octanol–water partition coefficient (Wildman–Crippen LogP) is 3.44. The van der Waals surface area contributed by atoms with E-state index in [0.717, 1.165) is 29.7 Å². The molecule has 0 aliphatic carbocycles. The van der Waals surface area contributed by atoms with Gasteiger partial charge in [0.1, 0.15) is 12.4 Å². The van der Waals surface area contributed by atoms with Crippen LogP contribution in [0, 0.1) is 13.8 Å². The number of nitrogen functional groups attached to an aromatic ring is 1. The monoisotopic (exact) mass is 442 g/mol. The number of nitrogens with one attached hydrogen (secondary N) is 1. The number of nitrogens with zero attached hydrogens (tertiary/aromatic N) is 4. The maximum Gasteiger partial charge on any atom is 0.318 e. The molecule has 9 heteroatoms. The summed E-state index contributed by atoms with van der Waals surface area (Å²) in [5.74, 6) is -2.28. The Hall–Kier alpha value is -2.94. The molecular formula is C23H28F2N6O. The number of anilines is 2. The molecule has 2 aliphatic heterocycles. The van der Waals surface area contributed by atoms with Gasteiger partial charge in [-0.3, -0.25) is 4.90 Å². The van der Waals surface area contributed by atoms with Crippen molar-refractivity contribution in [2.75, 3.05) is 37.4 Å². The number of nitrogens with two attached hydrogens (primary N) is 1. The first-order valence-corrected chi connectivity index (χ1v) is 10.9. The molecule has 4 heterocycles. The summed E-state index contributed by atoms with van der Waals surface area (Å²) >= 11 is 0. The number of halogens is 2. The van der Waals surface area contributed by atoms with Gasteiger partial charge in [-0.05, 0) is 50.6 Å². The summed E-state index contributed by atoms with van der Waals surface area (Å²) in [6, 6.07) is 4.05. The molecule has 1 aromatic carbocycles. The summed E-state index contributed by atoms with van der Waals surface area (Å²) < 4.78 is 33.1. The molecule has 5 rings (SSSR count). The molecule has 1 saturated heterocycles. The van der Waals surface area contributed by atoms with Crippen molar-refractivity contribution in [3.63, 3.8) is 0 Å². The Morgan fingerprint density at radius 3 is 2.88 bits per heavy atom. The first-order valence-electron chi connectivity index (χ1n) is 10.9. The highest BCUT2D eigenvalue weighted by Crippen LogP contribution is 2.36. The lowest BCUT2D eigenvalue weighted by Gasteiger charge is -2.32. The number of aryl methyl sites for hydroxylation is 1. The van der Waals surface area contributed by atoms with Crippen LogP contribution in [0.5, 0.6) is 6.01 Å². The molecule has 3 aromatic rings. The molecule has 0 unspecified atom stereocenters. The van der Waals surface area contributed by atoms with Crippen molar-refractivity contribution in [1.82, 2.24) is 19.9 Å². The van der Waals surface area contributed by atoms with Crippen LogP contribution in [0.1, 0.15) is 28.8 Å². The van der Waals surface area contributed by atoms with Crippen molar-refractivity contribution in [2.45, 2.75) is 45.2 Å². The van der Waals surface area contributed by atoms with E-state index in [4.69, 9.17) is 10.5 Å². The van der Waals surface area contributed by atoms with Gasteiger partial charge in [0.2, 0.25) is 0 Å². The van der Waals surface area contributed by atoms with Crippen LogP contribution < -0.4 is 15.4 Å². The van der Waals surface area contributed by atoms with Gasteiger partial charge in [-0.25, -0.2) is 8.78 Å². The fraction of sp³-hybridized carbons (Fsp3) is 0.478. The van der Waals surface area contributed by atoms with E-state index in [-0.39, 0.29) is 31.6 Å². The topological polar surface area (TPSA) is 83.3 Å². The lowest BCUT2D eigenvalue weighted by atomic mass is 9.99. The van der Waals surface area contributed by atoms with Crippen molar-refractivity contribution in [3.05, 3.63) is 40.7 Å². The van der Waals surface area contributed by atoms with Gasteiger partial charge < -0.3 is 20.4 Å². The van der Waals surface area contributed by atoms with Crippen molar-refractivity contribution in [3.8, 4) is 6.01 Å². The molecule has 0 spiro atoms. The quantitative estimate of drug-likeness (QED) is 0.644. The summed E-state index contributed by atoms with van der Waals surface area (Å²) in [7, 11) is 1.68. The summed E-state index contributed by atoms with van der Waals surface area (Å²) in [4.78, 5) is 16.2. The molecule has 3 N–H and O–H groups in total. The van der Waals surface area contributed by atoms with E-state index < -0.39 is 5.92 Å². The number of hydrogen-bond donors (Lipinski definition) is 2. The van der Waals surface area contributed by atoms with Gasteiger partial charge in [0.25, 0.3) is 5.92 Å². The second-order valence-electron chi connectivity index (χ2n) is 9.03. The number of aromatic nitrogens is 3. The minimum atomic E-state index is -2.69. The third-order valence-corrected chi connectivity index (χ3v) is 6.78. The first kappa shape index (κ1) is 20.9. The molecule has 0 saturated carbocycles. The third kappa shape index (κ3) is 3.64. The van der Waals surface area contributed by atoms with Crippen LogP contribution in [-0.4, -0.2) is 58.6 Å². The molecule has 1 atom stereocenters. The Kier molecular flexibility index (Phi) is 4.96. The Labute approximate surface area is 185 Å². The van der Waals surface area contributed by atoms with E-state index >= 15 is 0 Å². The maximum atomic E-state index is 13.7. The molecule has 2 aliphatic rings. The molecule has 2 aromatic heterocycles. The number of rotatable bonds is 4. The molecule has 32 heavy (non-hydrogen) atoms. The van der Waals surface area contributed by atoms with Crippen LogP contribution in [0.4, 0.5) is 20.3 Å². The van der Waals surface area contributed by atoms with Gasteiger partial charge in [-0.2, -0.15) is 9.97 Å². The van der Waals surface area contributed by atoms with Crippen LogP contribution >= 0.6 is 0 Å². The Morgan fingerprint density at radius 1 is 1.31 bits per heavy atom. The molecular weight excluding hydrogens is 414 g/mol. The van der Waals surface area contributed by atoms with Crippen LogP contribution in [0.25, 0.3) is 10.9 Å². The SMILES string of the molecule is Cc1cc2[nH]ccc2c(N2CCc3c(N)nc(OC[C@@H]4CC(F)(F)CN4C)nc3C2)c1C. The van der Waals surface area contributed by atoms with E-state index in [2.05, 4.69) is 45.8 Å². The van der Waals surface area contributed by atoms with Crippen molar-refractivity contribution < 1.29 is 13.5 Å². The normalized spacial score (nSPS) is 20.7. The highest BCUT2D eigenvalue weighted by molar-refractivity contribution is 5.95. The maximum absolute atomic E-state index is 13.7. The summed E-state index contributed by atoms with van der Waals surface area (Å²) in [6.07, 6.45) is 2.47. The van der Waals surface area contributed by atoms with Gasteiger partial charge in [0.15, 0.2) is 0 Å². The van der Waals surface area contributed by atoms with Gasteiger partial charge in [-0.1, -0.05) is 0 Å². The van der Waals surface area contributed by atoms with E-state index in [0.29, 0.717) is 12.4 Å². The zero-order valence-corrected chi connectivity index (χ0v) is 18.6. The van der Waals surface area contributed by atoms with Crippen LogP contribution in [0.2, 0.25) is 0 Å². The van der Waals surface area contributed by atoms with E-state index in [1.54, 1.807) is 11.9 Å². The fourth-order valence-corrected chi connectivity index (χ4v) is 4.94. The number of H-pyrrole nitrogens is 1. The minimum absolute atomic E-state index is 0.106. The van der Waals surface area contributed by atoms with Crippen molar-refractivity contribution in [1.29, 1.82) is 0 Å². The standard InChI is InChI=1S/C23H28F2N6O/c1-13-8-18-16(4-6-27-18)20(14(13)2)31-7-5-17-19(10-31)28-22(29-21(17)26)32-11-15-9-23(24,25)12-30(15)3/h4,6,8,15,27H,5,7,9-12H2,1-3H3,(H2,26,28,29)/t15-/m0/s1. The minimum Gasteiger partial charge on any atom is -0.462 e. The van der Waals surface area contributed by atoms with Gasteiger partial charge in [0.05, 0.1) is 18.8 Å². The highest BCUT2D eigenvalue weighted by Gasteiger charge is 2.43. The van der Waals surface area contributed by atoms with Crippen LogP contribution in [0.15, 0.2) is 18.3 Å². The van der Waals surface area contributed by atoms with Crippen LogP contribution in [-0.2, 0) is 13.0 Å². The van der Waals surface area contributed by atoms with E-state index in [1.165, 1.54) is 22.2 Å². The van der Waals surface area contributed by atoms with E-state index in [9.17, 15) is 8.78 Å². The van der Waals surface area contributed by atoms with E-state index in [1.807, 2.05) is 6.20 Å². The van der Waals surface area contributed by atoms with Gasteiger partial charge >= 0.3 is 6.01 Å². The average molecular weight is 443 g/mol. The second-order valence-corrected chi connectivity index (χ2v) is 9.03. The predicted molar refractivity (Wildman–Crippen MR) is 120 cm³/mol. The molecule has 1 fully saturated rings. The van der Waals surface area contributed by atoms with Crippen molar-refractivity contribution >= 4 is 22.4 Å². The fourth-order valence-electron chi connectivity index (χ4n) is 4.94. The van der Waals surface area contributed by atoms with Crippen molar-refractivity contribution in [2.24, 2.45) is 0 Å². The van der Waals surface area contributed by atoms with Gasteiger partial charge in [0, 0.05) is 47.4 Å². The molecule has 170 valence electrons. The van der Waals surface area contributed by atoms with Gasteiger partial charge in [-0.15, -0.1) is 0 Å². The number of likely N-dealkylation sites (N-methyl/N-ethyl adjacent to an activating group) is 1. The Balaban J connectivity index is 1.40. The Morgan fingerprint density at radius 2 is 2.12 bits per heavy atom. The second kappa shape index (κ2) is 7.58. The zero-order chi connectivity index (χ0) is 22.6. The number of ether oxygens (including phenoxy) is 1. The summed E-state index contributed by atoms with van der Waals surface area (Å²) in [5.41, 5.74) is 12.8. The number of hydrogen-bond acceptors (Lipinski definition) is 6. The lowest BCUT2D eigenvalue weighted by Crippen LogP contribution is -2.33. The largest absolute Gasteiger partial charge is 0.462 e. The number of likely N-dealkylation sites (tertiary alicyclic amines) is 1. The number of benzene rings is 1. The highest BCUT2D eigenvalue weighted by atomic mass is 19.3. The molecule has 0 bridgehead atoms. The summed E-state index contributed by atoms with van der Waals surface area (Å²) in [5, 5.41) is 1.18. The first-order chi connectivity index (χ1) is 15.2.